The van der Waals surface area contributed by atoms with Gasteiger partial charge in [0.05, 0.1) is 34.7 Å². The van der Waals surface area contributed by atoms with Crippen LogP contribution in [-0.2, 0) is 20.5 Å². The molecule has 3 aliphatic heterocycles. The van der Waals surface area contributed by atoms with E-state index in [2.05, 4.69) is 0 Å². The summed E-state index contributed by atoms with van der Waals surface area (Å²) in [6.07, 6.45) is -7.71. The molecular formula is C18H15F3N2O5. The normalized spacial score (nSPS) is 39.4. The van der Waals surface area contributed by atoms with Crippen LogP contribution >= 0.6 is 0 Å². The number of carbonyl (C=O) groups excluding carboxylic acids is 2. The Bertz CT molecular complexity index is 920. The van der Waals surface area contributed by atoms with Crippen LogP contribution in [0.2, 0.25) is 0 Å². The summed E-state index contributed by atoms with van der Waals surface area (Å²) in [7, 11) is 0. The van der Waals surface area contributed by atoms with Crippen molar-refractivity contribution in [1.82, 2.24) is 0 Å². The zero-order valence-electron chi connectivity index (χ0n) is 14.7. The molecule has 3 saturated heterocycles. The Hall–Kier alpha value is -2.48. The number of carbonyl (C=O) groups is 2. The van der Waals surface area contributed by atoms with Crippen LogP contribution in [0.25, 0.3) is 0 Å². The number of aliphatic hydroxyl groups is 2. The molecule has 0 radical (unpaired) electrons. The number of fused-ring (bicyclic) bond motifs is 5. The largest absolute Gasteiger partial charge is 0.417 e. The van der Waals surface area contributed by atoms with Gasteiger partial charge in [0, 0.05) is 0 Å². The van der Waals surface area contributed by atoms with Crippen molar-refractivity contribution in [3.8, 4) is 6.07 Å². The van der Waals surface area contributed by atoms with Crippen molar-refractivity contribution >= 4 is 17.5 Å². The second-order valence-electron chi connectivity index (χ2n) is 7.67. The molecule has 1 aromatic carbocycles. The Morgan fingerprint density at radius 1 is 1.11 bits per heavy atom. The van der Waals surface area contributed by atoms with E-state index in [0.717, 1.165) is 12.1 Å². The lowest BCUT2D eigenvalue weighted by molar-refractivity contribution is -0.138. The van der Waals surface area contributed by atoms with Crippen LogP contribution < -0.4 is 4.90 Å². The van der Waals surface area contributed by atoms with Gasteiger partial charge in [0.2, 0.25) is 11.8 Å². The Balaban J connectivity index is 1.82. The summed E-state index contributed by atoms with van der Waals surface area (Å²) in [5, 5.41) is 29.5. The van der Waals surface area contributed by atoms with Crippen molar-refractivity contribution in [2.45, 2.75) is 43.4 Å². The van der Waals surface area contributed by atoms with Crippen LogP contribution in [0.3, 0.4) is 0 Å². The van der Waals surface area contributed by atoms with Crippen LogP contribution in [0.1, 0.15) is 25.0 Å². The third kappa shape index (κ3) is 2.04. The average Bonchev–Trinajstić information content (AvgIpc) is 3.10. The van der Waals surface area contributed by atoms with Crippen molar-refractivity contribution in [2.75, 3.05) is 4.90 Å². The second-order valence-corrected chi connectivity index (χ2v) is 7.67. The van der Waals surface area contributed by atoms with Gasteiger partial charge in [-0.05, 0) is 32.0 Å². The maximum atomic E-state index is 13.3. The Morgan fingerprint density at radius 3 is 2.04 bits per heavy atom. The smallest absolute Gasteiger partial charge is 0.387 e. The highest BCUT2D eigenvalue weighted by Crippen LogP contribution is 2.61. The van der Waals surface area contributed by atoms with E-state index in [-0.39, 0.29) is 5.69 Å². The van der Waals surface area contributed by atoms with Gasteiger partial charge < -0.3 is 14.9 Å². The third-order valence-corrected chi connectivity index (χ3v) is 6.14. The molecule has 0 saturated carbocycles. The highest BCUT2D eigenvalue weighted by atomic mass is 19.4. The van der Waals surface area contributed by atoms with E-state index in [9.17, 15) is 33.0 Å². The summed E-state index contributed by atoms with van der Waals surface area (Å²) < 4.78 is 45.5. The number of hydrogen-bond acceptors (Lipinski definition) is 6. The Morgan fingerprint density at radius 2 is 1.61 bits per heavy atom. The minimum absolute atomic E-state index is 0.327. The lowest BCUT2D eigenvalue weighted by Crippen LogP contribution is -2.57. The molecule has 1 aromatic rings. The molecular weight excluding hydrogens is 381 g/mol. The van der Waals surface area contributed by atoms with Gasteiger partial charge in [-0.15, -0.1) is 0 Å². The molecule has 0 spiro atoms. The molecule has 3 aliphatic rings. The van der Waals surface area contributed by atoms with Gasteiger partial charge in [-0.25, -0.2) is 4.90 Å². The van der Waals surface area contributed by atoms with Gasteiger partial charge in [-0.3, -0.25) is 9.59 Å². The number of benzene rings is 1. The number of ether oxygens (including phenoxy) is 1. The van der Waals surface area contributed by atoms with Crippen molar-refractivity contribution in [1.29, 1.82) is 5.26 Å². The summed E-state index contributed by atoms with van der Waals surface area (Å²) >= 11 is 0. The van der Waals surface area contributed by atoms with Crippen molar-refractivity contribution in [2.24, 2.45) is 11.8 Å². The van der Waals surface area contributed by atoms with E-state index >= 15 is 0 Å². The average molecular weight is 396 g/mol. The summed E-state index contributed by atoms with van der Waals surface area (Å²) in [4.78, 5) is 26.6. The minimum atomic E-state index is -4.85. The summed E-state index contributed by atoms with van der Waals surface area (Å²) in [6.45, 7) is 2.79. The standard InChI is InChI=1S/C18H15F3N2O5/c1-16-10-11(17(2,28-16)13(25)12(16)24)15(27)23(14(10)26)8-4-3-7(6-22)9(5-8)18(19,20)21/h3-5,10-13,24-25H,1-2H3/t10-,11+,12-,13-,16+,17-/m1/s1. The molecule has 2 bridgehead atoms. The predicted octanol–water partition coefficient (Wildman–Crippen LogP) is 0.966. The Kier molecular flexibility index (Phi) is 3.58. The topological polar surface area (TPSA) is 111 Å². The number of alkyl halides is 3. The number of amides is 2. The number of nitrogens with zero attached hydrogens (tertiary/aromatic N) is 2. The van der Waals surface area contributed by atoms with Gasteiger partial charge in [0.25, 0.3) is 0 Å². The van der Waals surface area contributed by atoms with Gasteiger partial charge in [-0.1, -0.05) is 0 Å². The fourth-order valence-corrected chi connectivity index (χ4v) is 4.80. The van der Waals surface area contributed by atoms with E-state index in [0.29, 0.717) is 11.0 Å². The molecule has 148 valence electrons. The molecule has 0 aromatic heterocycles. The molecule has 10 heteroatoms. The molecule has 0 aliphatic carbocycles. The highest BCUT2D eigenvalue weighted by Gasteiger charge is 2.79. The van der Waals surface area contributed by atoms with Gasteiger partial charge in [0.1, 0.15) is 23.4 Å². The monoisotopic (exact) mass is 396 g/mol. The van der Waals surface area contributed by atoms with Crippen LogP contribution in [-0.4, -0.2) is 45.4 Å². The van der Waals surface area contributed by atoms with E-state index in [1.807, 2.05) is 0 Å². The van der Waals surface area contributed by atoms with E-state index in [1.54, 1.807) is 0 Å². The van der Waals surface area contributed by atoms with Crippen molar-refractivity contribution in [3.05, 3.63) is 29.3 Å². The molecule has 28 heavy (non-hydrogen) atoms. The summed E-state index contributed by atoms with van der Waals surface area (Å²) in [5.74, 6) is -3.92. The number of aliphatic hydroxyl groups excluding tert-OH is 2. The van der Waals surface area contributed by atoms with Gasteiger partial charge in [-0.2, -0.15) is 18.4 Å². The maximum absolute atomic E-state index is 13.3. The van der Waals surface area contributed by atoms with Crippen LogP contribution in [0.15, 0.2) is 18.2 Å². The fraction of sp³-hybridized carbons (Fsp3) is 0.500. The van der Waals surface area contributed by atoms with Crippen molar-refractivity contribution in [3.63, 3.8) is 0 Å². The SMILES string of the molecule is C[C@]12O[C@](C)([C@H](O)[C@H]1O)[C@H]1C(=O)N(c3ccc(C#N)c(C(F)(F)F)c3)C(=O)[C@H]12. The number of nitriles is 1. The van der Waals surface area contributed by atoms with E-state index in [4.69, 9.17) is 10.00 Å². The van der Waals surface area contributed by atoms with Crippen LogP contribution in [0.4, 0.5) is 18.9 Å². The highest BCUT2D eigenvalue weighted by molar-refractivity contribution is 6.23. The number of anilines is 1. The number of rotatable bonds is 1. The second kappa shape index (κ2) is 5.31. The first-order valence-corrected chi connectivity index (χ1v) is 8.43. The fourth-order valence-electron chi connectivity index (χ4n) is 4.80. The lowest BCUT2D eigenvalue weighted by atomic mass is 9.66. The molecule has 2 amide bonds. The predicted molar refractivity (Wildman–Crippen MR) is 85.5 cm³/mol. The molecule has 0 unspecified atom stereocenters. The van der Waals surface area contributed by atoms with E-state index in [1.165, 1.54) is 19.9 Å². The summed E-state index contributed by atoms with van der Waals surface area (Å²) in [5.41, 5.74) is -5.31. The minimum Gasteiger partial charge on any atom is -0.387 e. The molecule has 7 nitrogen and oxygen atoms in total. The van der Waals surface area contributed by atoms with Gasteiger partial charge in [0.15, 0.2) is 0 Å². The van der Waals surface area contributed by atoms with Crippen LogP contribution in [0.5, 0.6) is 0 Å². The first-order chi connectivity index (χ1) is 12.9. The summed E-state index contributed by atoms with van der Waals surface area (Å²) in [6, 6.07) is 4.00. The van der Waals surface area contributed by atoms with E-state index < -0.39 is 64.4 Å². The van der Waals surface area contributed by atoms with Gasteiger partial charge >= 0.3 is 6.18 Å². The van der Waals surface area contributed by atoms with Crippen LogP contribution in [0, 0.1) is 23.2 Å². The number of hydrogen-bond donors (Lipinski definition) is 2. The molecule has 4 rings (SSSR count). The number of imide groups is 1. The Labute approximate surface area is 156 Å². The third-order valence-electron chi connectivity index (χ3n) is 6.14. The maximum Gasteiger partial charge on any atom is 0.417 e. The molecule has 6 atom stereocenters. The lowest BCUT2D eigenvalue weighted by Gasteiger charge is -2.35. The molecule has 2 N–H and O–H groups in total. The van der Waals surface area contributed by atoms with Crippen molar-refractivity contribution < 1.29 is 37.7 Å². The molecule has 3 fully saturated rings. The first-order valence-electron chi connectivity index (χ1n) is 8.43. The zero-order chi connectivity index (χ0) is 20.8. The molecule has 3 heterocycles. The number of halogens is 3. The first kappa shape index (κ1) is 18.9. The quantitative estimate of drug-likeness (QED) is 0.685. The zero-order valence-corrected chi connectivity index (χ0v) is 14.7.